The van der Waals surface area contributed by atoms with Crippen LogP contribution in [-0.4, -0.2) is 19.1 Å². The summed E-state index contributed by atoms with van der Waals surface area (Å²) < 4.78 is 5.08. The largest absolute Gasteiger partial charge is 0.466 e. The molecule has 3 nitrogen and oxygen atoms in total. The average Bonchev–Trinajstić information content (AvgIpc) is 2.29. The van der Waals surface area contributed by atoms with Gasteiger partial charge in [0, 0.05) is 6.42 Å². The average molecular weight is 229 g/mol. The van der Waals surface area contributed by atoms with Crippen molar-refractivity contribution in [3.8, 4) is 0 Å². The second-order valence-corrected chi connectivity index (χ2v) is 4.23. The number of nitrogens with two attached hydrogens (primary N) is 1. The predicted molar refractivity (Wildman–Crippen MR) is 67.2 cm³/mol. The van der Waals surface area contributed by atoms with Gasteiger partial charge in [-0.3, -0.25) is 4.79 Å². The smallest absolute Gasteiger partial charge is 0.305 e. The Hall–Kier alpha value is -0.570. The molecule has 0 unspecified atom stereocenters. The van der Waals surface area contributed by atoms with Gasteiger partial charge in [-0.2, -0.15) is 0 Å². The van der Waals surface area contributed by atoms with Crippen molar-refractivity contribution in [1.82, 2.24) is 0 Å². The van der Waals surface area contributed by atoms with Gasteiger partial charge in [0.2, 0.25) is 0 Å². The number of carbonyl (C=O) groups excluding carboxylic acids is 1. The van der Waals surface area contributed by atoms with E-state index in [0.717, 1.165) is 25.7 Å². The zero-order chi connectivity index (χ0) is 12.1. The maximum Gasteiger partial charge on any atom is 0.305 e. The van der Waals surface area contributed by atoms with Crippen molar-refractivity contribution in [3.05, 3.63) is 0 Å². The summed E-state index contributed by atoms with van der Waals surface area (Å²) in [6, 6.07) is 0. The fourth-order valence-corrected chi connectivity index (χ4v) is 1.55. The Morgan fingerprint density at radius 1 is 1.00 bits per heavy atom. The molecule has 0 fully saturated rings. The lowest BCUT2D eigenvalue weighted by molar-refractivity contribution is -0.143. The van der Waals surface area contributed by atoms with Gasteiger partial charge in [-0.25, -0.2) is 0 Å². The SMILES string of the molecule is CCCCCCCCC(=O)OCCCCN. The molecule has 0 saturated carbocycles. The van der Waals surface area contributed by atoms with Crippen LogP contribution in [0.3, 0.4) is 0 Å². The number of rotatable bonds is 11. The van der Waals surface area contributed by atoms with Crippen molar-refractivity contribution in [2.75, 3.05) is 13.2 Å². The third-order valence-electron chi connectivity index (χ3n) is 2.60. The first-order valence-corrected chi connectivity index (χ1v) is 6.67. The number of hydrogen-bond donors (Lipinski definition) is 1. The molecule has 0 bridgehead atoms. The van der Waals surface area contributed by atoms with Gasteiger partial charge in [0.15, 0.2) is 0 Å². The molecule has 0 aliphatic heterocycles. The van der Waals surface area contributed by atoms with Crippen molar-refractivity contribution in [3.63, 3.8) is 0 Å². The molecule has 0 spiro atoms. The van der Waals surface area contributed by atoms with Crippen molar-refractivity contribution >= 4 is 5.97 Å². The molecule has 0 atom stereocenters. The fourth-order valence-electron chi connectivity index (χ4n) is 1.55. The van der Waals surface area contributed by atoms with Gasteiger partial charge in [0.05, 0.1) is 6.61 Å². The lowest BCUT2D eigenvalue weighted by Crippen LogP contribution is -2.07. The Labute approximate surface area is 99.7 Å². The maximum absolute atomic E-state index is 11.2. The molecule has 2 N–H and O–H groups in total. The molecule has 0 aromatic carbocycles. The van der Waals surface area contributed by atoms with E-state index in [-0.39, 0.29) is 5.97 Å². The van der Waals surface area contributed by atoms with Gasteiger partial charge in [-0.05, 0) is 25.8 Å². The van der Waals surface area contributed by atoms with E-state index >= 15 is 0 Å². The van der Waals surface area contributed by atoms with Crippen molar-refractivity contribution < 1.29 is 9.53 Å². The normalized spacial score (nSPS) is 10.4. The Bertz CT molecular complexity index is 160. The molecule has 16 heavy (non-hydrogen) atoms. The summed E-state index contributed by atoms with van der Waals surface area (Å²) in [4.78, 5) is 11.2. The lowest BCUT2D eigenvalue weighted by Gasteiger charge is -2.04. The van der Waals surface area contributed by atoms with E-state index in [0.29, 0.717) is 19.6 Å². The molecule has 96 valence electrons. The minimum atomic E-state index is -0.0486. The molecule has 0 amide bonds. The van der Waals surface area contributed by atoms with Crippen molar-refractivity contribution in [2.24, 2.45) is 5.73 Å². The monoisotopic (exact) mass is 229 g/mol. The molecule has 0 aromatic heterocycles. The summed E-state index contributed by atoms with van der Waals surface area (Å²) in [5, 5.41) is 0. The Kier molecular flexibility index (Phi) is 12.1. The Balaban J connectivity index is 3.11. The number of esters is 1. The molecular formula is C13H27NO2. The summed E-state index contributed by atoms with van der Waals surface area (Å²) in [5.41, 5.74) is 5.34. The highest BCUT2D eigenvalue weighted by Gasteiger charge is 2.01. The van der Waals surface area contributed by atoms with Gasteiger partial charge in [0.25, 0.3) is 0 Å². The molecule has 0 rings (SSSR count). The zero-order valence-corrected chi connectivity index (χ0v) is 10.7. The van der Waals surface area contributed by atoms with E-state index in [1.807, 2.05) is 0 Å². The highest BCUT2D eigenvalue weighted by atomic mass is 16.5. The Morgan fingerprint density at radius 2 is 1.69 bits per heavy atom. The van der Waals surface area contributed by atoms with Crippen LogP contribution >= 0.6 is 0 Å². The van der Waals surface area contributed by atoms with Crippen LogP contribution in [0.2, 0.25) is 0 Å². The molecule has 0 saturated heterocycles. The lowest BCUT2D eigenvalue weighted by atomic mass is 10.1. The van der Waals surface area contributed by atoms with E-state index in [1.54, 1.807) is 0 Å². The maximum atomic E-state index is 11.2. The van der Waals surface area contributed by atoms with Crippen LogP contribution in [0, 0.1) is 0 Å². The fraction of sp³-hybridized carbons (Fsp3) is 0.923. The molecule has 0 radical (unpaired) electrons. The molecule has 3 heteroatoms. The van der Waals surface area contributed by atoms with E-state index in [2.05, 4.69) is 6.92 Å². The van der Waals surface area contributed by atoms with Gasteiger partial charge in [-0.15, -0.1) is 0 Å². The van der Waals surface area contributed by atoms with Gasteiger partial charge in [0.1, 0.15) is 0 Å². The number of unbranched alkanes of at least 4 members (excludes halogenated alkanes) is 6. The highest BCUT2D eigenvalue weighted by Crippen LogP contribution is 2.07. The first-order valence-electron chi connectivity index (χ1n) is 6.67. The van der Waals surface area contributed by atoms with Gasteiger partial charge < -0.3 is 10.5 Å². The summed E-state index contributed by atoms with van der Waals surface area (Å²) in [7, 11) is 0. The molecule has 0 heterocycles. The van der Waals surface area contributed by atoms with Crippen molar-refractivity contribution in [1.29, 1.82) is 0 Å². The number of carbonyl (C=O) groups is 1. The number of ether oxygens (including phenoxy) is 1. The predicted octanol–water partition coefficient (Wildman–Crippen LogP) is 3.02. The third-order valence-corrected chi connectivity index (χ3v) is 2.60. The van der Waals surface area contributed by atoms with E-state index in [1.165, 1.54) is 25.7 Å². The topological polar surface area (TPSA) is 52.3 Å². The summed E-state index contributed by atoms with van der Waals surface area (Å²) in [6.45, 7) is 3.42. The molecule has 0 aliphatic carbocycles. The summed E-state index contributed by atoms with van der Waals surface area (Å²) in [5.74, 6) is -0.0486. The van der Waals surface area contributed by atoms with Crippen LogP contribution in [0.4, 0.5) is 0 Å². The molecule has 0 aromatic rings. The van der Waals surface area contributed by atoms with Crippen LogP contribution < -0.4 is 5.73 Å². The summed E-state index contributed by atoms with van der Waals surface area (Å²) in [6.07, 6.45) is 9.64. The van der Waals surface area contributed by atoms with Gasteiger partial charge >= 0.3 is 5.97 Å². The Morgan fingerprint density at radius 3 is 2.38 bits per heavy atom. The number of hydrogen-bond acceptors (Lipinski definition) is 3. The van der Waals surface area contributed by atoms with Crippen molar-refractivity contribution in [2.45, 2.75) is 64.7 Å². The van der Waals surface area contributed by atoms with Crippen LogP contribution in [-0.2, 0) is 9.53 Å². The second kappa shape index (κ2) is 12.5. The first kappa shape index (κ1) is 15.4. The summed E-state index contributed by atoms with van der Waals surface area (Å²) >= 11 is 0. The minimum absolute atomic E-state index is 0.0486. The highest BCUT2D eigenvalue weighted by molar-refractivity contribution is 5.69. The quantitative estimate of drug-likeness (QED) is 0.437. The first-order chi connectivity index (χ1) is 7.81. The minimum Gasteiger partial charge on any atom is -0.466 e. The van der Waals surface area contributed by atoms with Crippen LogP contribution in [0.1, 0.15) is 64.7 Å². The van der Waals surface area contributed by atoms with Crippen LogP contribution in [0.5, 0.6) is 0 Å². The second-order valence-electron chi connectivity index (χ2n) is 4.23. The van der Waals surface area contributed by atoms with Crippen LogP contribution in [0.15, 0.2) is 0 Å². The van der Waals surface area contributed by atoms with Crippen LogP contribution in [0.25, 0.3) is 0 Å². The molecule has 0 aliphatic rings. The van der Waals surface area contributed by atoms with E-state index in [9.17, 15) is 4.79 Å². The standard InChI is InChI=1S/C13H27NO2/c1-2-3-4-5-6-7-10-13(15)16-12-9-8-11-14/h2-12,14H2,1H3. The molecular weight excluding hydrogens is 202 g/mol. The zero-order valence-electron chi connectivity index (χ0n) is 10.7. The van der Waals surface area contributed by atoms with Gasteiger partial charge in [-0.1, -0.05) is 39.0 Å². The van der Waals surface area contributed by atoms with E-state index in [4.69, 9.17) is 10.5 Å². The third kappa shape index (κ3) is 11.5. The van der Waals surface area contributed by atoms with E-state index < -0.39 is 0 Å².